The number of rotatable bonds is 6. The number of nitrogens with one attached hydrogen (secondary N) is 2. The molecule has 0 saturated carbocycles. The molecule has 1 aromatic heterocycles. The zero-order chi connectivity index (χ0) is 17.0. The molecule has 2 N–H and O–H groups in total. The van der Waals surface area contributed by atoms with E-state index in [4.69, 9.17) is 0 Å². The lowest BCUT2D eigenvalue weighted by Gasteiger charge is -2.30. The summed E-state index contributed by atoms with van der Waals surface area (Å²) in [5.41, 5.74) is 3.50. The Bertz CT molecular complexity index is 541. The van der Waals surface area contributed by atoms with Crippen molar-refractivity contribution in [2.24, 2.45) is 5.92 Å². The Balaban J connectivity index is 0.00000288. The summed E-state index contributed by atoms with van der Waals surface area (Å²) in [5, 5.41) is 11.2. The molecular formula is C18H33ClN4O. The van der Waals surface area contributed by atoms with Crippen molar-refractivity contribution in [2.75, 3.05) is 6.54 Å². The quantitative estimate of drug-likeness (QED) is 0.824. The van der Waals surface area contributed by atoms with Crippen molar-refractivity contribution in [3.63, 3.8) is 0 Å². The predicted molar refractivity (Wildman–Crippen MR) is 101 cm³/mol. The zero-order valence-corrected chi connectivity index (χ0v) is 16.5. The molecule has 0 aliphatic carbocycles. The minimum absolute atomic E-state index is 0. The van der Waals surface area contributed by atoms with Crippen LogP contribution in [0.1, 0.15) is 57.0 Å². The zero-order valence-electron chi connectivity index (χ0n) is 15.7. The van der Waals surface area contributed by atoms with Gasteiger partial charge in [-0.2, -0.15) is 5.10 Å². The standard InChI is InChI=1S/C18H32N4O.ClH/c1-12(2)11-22-15(5)16(13(3)21-22)8-9-18(23)20-17-7-6-10-19-14(17)4;/h12,14,17,19H,6-11H2,1-5H3,(H,20,23);1H. The molecule has 0 spiro atoms. The van der Waals surface area contributed by atoms with Gasteiger partial charge < -0.3 is 10.6 Å². The van der Waals surface area contributed by atoms with Crippen molar-refractivity contribution >= 4 is 18.3 Å². The third-order valence-corrected chi connectivity index (χ3v) is 4.78. The topological polar surface area (TPSA) is 59.0 Å². The molecule has 6 heteroatoms. The van der Waals surface area contributed by atoms with Gasteiger partial charge >= 0.3 is 0 Å². The highest BCUT2D eigenvalue weighted by molar-refractivity contribution is 5.85. The summed E-state index contributed by atoms with van der Waals surface area (Å²) in [4.78, 5) is 12.3. The second kappa shape index (κ2) is 9.42. The van der Waals surface area contributed by atoms with Crippen LogP contribution in [-0.2, 0) is 17.8 Å². The molecule has 0 bridgehead atoms. The average molecular weight is 357 g/mol. The first kappa shape index (κ1) is 21.0. The van der Waals surface area contributed by atoms with Crippen LogP contribution in [0.2, 0.25) is 0 Å². The largest absolute Gasteiger partial charge is 0.352 e. The Morgan fingerprint density at radius 3 is 2.75 bits per heavy atom. The van der Waals surface area contributed by atoms with E-state index < -0.39 is 0 Å². The van der Waals surface area contributed by atoms with Crippen molar-refractivity contribution < 1.29 is 4.79 Å². The summed E-state index contributed by atoms with van der Waals surface area (Å²) in [6.45, 7) is 12.7. The SMILES string of the molecule is Cc1nn(CC(C)C)c(C)c1CCC(=O)NC1CCCNC1C.Cl. The first-order valence-corrected chi connectivity index (χ1v) is 8.94. The van der Waals surface area contributed by atoms with Crippen LogP contribution in [0.4, 0.5) is 0 Å². The van der Waals surface area contributed by atoms with Gasteiger partial charge in [0.15, 0.2) is 0 Å². The number of halogens is 1. The van der Waals surface area contributed by atoms with Crippen molar-refractivity contribution in [2.45, 2.75) is 78.9 Å². The van der Waals surface area contributed by atoms with Crippen LogP contribution in [0.15, 0.2) is 0 Å². The van der Waals surface area contributed by atoms with Crippen LogP contribution in [0.25, 0.3) is 0 Å². The highest BCUT2D eigenvalue weighted by Crippen LogP contribution is 2.17. The number of carbonyl (C=O) groups excluding carboxylic acids is 1. The maximum Gasteiger partial charge on any atom is 0.220 e. The van der Waals surface area contributed by atoms with E-state index >= 15 is 0 Å². The molecule has 1 amide bonds. The van der Waals surface area contributed by atoms with Crippen LogP contribution < -0.4 is 10.6 Å². The van der Waals surface area contributed by atoms with E-state index in [1.54, 1.807) is 0 Å². The van der Waals surface area contributed by atoms with E-state index in [1.807, 2.05) is 6.92 Å². The molecule has 0 aromatic carbocycles. The normalized spacial score (nSPS) is 20.8. The minimum atomic E-state index is 0. The molecule has 2 rings (SSSR count). The molecule has 1 saturated heterocycles. The molecule has 24 heavy (non-hydrogen) atoms. The monoisotopic (exact) mass is 356 g/mol. The first-order valence-electron chi connectivity index (χ1n) is 8.94. The van der Waals surface area contributed by atoms with E-state index in [9.17, 15) is 4.79 Å². The second-order valence-corrected chi connectivity index (χ2v) is 7.28. The maximum atomic E-state index is 12.3. The average Bonchev–Trinajstić information content (AvgIpc) is 2.73. The summed E-state index contributed by atoms with van der Waals surface area (Å²) in [5.74, 6) is 0.727. The van der Waals surface area contributed by atoms with Gasteiger partial charge in [-0.3, -0.25) is 9.48 Å². The van der Waals surface area contributed by atoms with E-state index in [-0.39, 0.29) is 24.4 Å². The van der Waals surface area contributed by atoms with Crippen LogP contribution in [0.3, 0.4) is 0 Å². The number of piperidine rings is 1. The molecule has 5 nitrogen and oxygen atoms in total. The highest BCUT2D eigenvalue weighted by Gasteiger charge is 2.22. The van der Waals surface area contributed by atoms with Gasteiger partial charge in [0.05, 0.1) is 5.69 Å². The molecule has 1 fully saturated rings. The van der Waals surface area contributed by atoms with E-state index in [1.165, 1.54) is 11.3 Å². The second-order valence-electron chi connectivity index (χ2n) is 7.28. The first-order chi connectivity index (χ1) is 10.9. The minimum Gasteiger partial charge on any atom is -0.352 e. The lowest BCUT2D eigenvalue weighted by molar-refractivity contribution is -0.122. The number of nitrogens with zero attached hydrogens (tertiary/aromatic N) is 2. The predicted octanol–water partition coefficient (Wildman–Crippen LogP) is 2.77. The van der Waals surface area contributed by atoms with E-state index in [2.05, 4.69) is 48.1 Å². The summed E-state index contributed by atoms with van der Waals surface area (Å²) < 4.78 is 2.08. The number of amides is 1. The summed E-state index contributed by atoms with van der Waals surface area (Å²) in [6.07, 6.45) is 3.52. The third-order valence-electron chi connectivity index (χ3n) is 4.78. The Morgan fingerprint density at radius 2 is 2.12 bits per heavy atom. The van der Waals surface area contributed by atoms with Crippen LogP contribution in [-0.4, -0.2) is 34.3 Å². The summed E-state index contributed by atoms with van der Waals surface area (Å²) >= 11 is 0. The Hall–Kier alpha value is -1.07. The van der Waals surface area contributed by atoms with Crippen molar-refractivity contribution in [1.29, 1.82) is 0 Å². The van der Waals surface area contributed by atoms with Crippen molar-refractivity contribution in [3.8, 4) is 0 Å². The molecule has 1 aromatic rings. The molecular weight excluding hydrogens is 324 g/mol. The van der Waals surface area contributed by atoms with Gasteiger partial charge in [-0.1, -0.05) is 13.8 Å². The number of carbonyl (C=O) groups is 1. The smallest absolute Gasteiger partial charge is 0.220 e. The number of hydrogen-bond donors (Lipinski definition) is 2. The van der Waals surface area contributed by atoms with E-state index in [0.29, 0.717) is 18.4 Å². The third kappa shape index (κ3) is 5.49. The molecule has 2 unspecified atom stereocenters. The molecule has 2 atom stereocenters. The van der Waals surface area contributed by atoms with Gasteiger partial charge in [0.25, 0.3) is 0 Å². The number of hydrogen-bond acceptors (Lipinski definition) is 3. The lowest BCUT2D eigenvalue weighted by Crippen LogP contribution is -2.51. The van der Waals surface area contributed by atoms with Gasteiger partial charge in [-0.05, 0) is 58.1 Å². The summed E-state index contributed by atoms with van der Waals surface area (Å²) in [6, 6.07) is 0.632. The lowest BCUT2D eigenvalue weighted by atomic mass is 9.99. The fraction of sp³-hybridized carbons (Fsp3) is 0.778. The van der Waals surface area contributed by atoms with Gasteiger partial charge in [0, 0.05) is 30.7 Å². The Morgan fingerprint density at radius 1 is 1.42 bits per heavy atom. The van der Waals surface area contributed by atoms with Crippen LogP contribution in [0.5, 0.6) is 0 Å². The van der Waals surface area contributed by atoms with Gasteiger partial charge in [0.2, 0.25) is 5.91 Å². The maximum absolute atomic E-state index is 12.3. The molecule has 2 heterocycles. The molecule has 138 valence electrons. The molecule has 0 radical (unpaired) electrons. The van der Waals surface area contributed by atoms with E-state index in [0.717, 1.165) is 38.0 Å². The Labute approximate surface area is 152 Å². The van der Waals surface area contributed by atoms with Gasteiger partial charge in [0.1, 0.15) is 0 Å². The van der Waals surface area contributed by atoms with Crippen molar-refractivity contribution in [3.05, 3.63) is 17.0 Å². The fourth-order valence-electron chi connectivity index (χ4n) is 3.38. The molecule has 1 aliphatic rings. The fourth-order valence-corrected chi connectivity index (χ4v) is 3.38. The Kier molecular flexibility index (Phi) is 8.23. The summed E-state index contributed by atoms with van der Waals surface area (Å²) in [7, 11) is 0. The van der Waals surface area contributed by atoms with Crippen molar-refractivity contribution in [1.82, 2.24) is 20.4 Å². The van der Waals surface area contributed by atoms with Gasteiger partial charge in [-0.15, -0.1) is 12.4 Å². The molecule has 1 aliphatic heterocycles. The highest BCUT2D eigenvalue weighted by atomic mass is 35.5. The number of aryl methyl sites for hydroxylation is 1. The van der Waals surface area contributed by atoms with Crippen LogP contribution >= 0.6 is 12.4 Å². The van der Waals surface area contributed by atoms with Gasteiger partial charge in [-0.25, -0.2) is 0 Å². The number of aromatic nitrogens is 2. The van der Waals surface area contributed by atoms with Crippen LogP contribution in [0, 0.1) is 19.8 Å².